The van der Waals surface area contributed by atoms with Crippen LogP contribution in [0, 0.1) is 26.6 Å². The van der Waals surface area contributed by atoms with Crippen molar-refractivity contribution in [3.63, 3.8) is 0 Å². The van der Waals surface area contributed by atoms with Crippen LogP contribution in [0.1, 0.15) is 34.0 Å². The van der Waals surface area contributed by atoms with Gasteiger partial charge in [0.1, 0.15) is 5.82 Å². The first-order valence-corrected chi connectivity index (χ1v) is 7.63. The molecule has 2 aromatic carbocycles. The predicted octanol–water partition coefficient (Wildman–Crippen LogP) is 3.93. The first kappa shape index (κ1) is 17.7. The van der Waals surface area contributed by atoms with E-state index in [9.17, 15) is 14.0 Å². The molecule has 0 aromatic heterocycles. The summed E-state index contributed by atoms with van der Waals surface area (Å²) in [6, 6.07) is 8.91. The largest absolute Gasteiger partial charge is 0.449 e. The van der Waals surface area contributed by atoms with E-state index in [1.807, 2.05) is 32.9 Å². The second kappa shape index (κ2) is 7.25. The Labute approximate surface area is 140 Å². The van der Waals surface area contributed by atoms with Crippen LogP contribution >= 0.6 is 0 Å². The van der Waals surface area contributed by atoms with E-state index in [0.29, 0.717) is 0 Å². The van der Waals surface area contributed by atoms with Crippen LogP contribution in [0.2, 0.25) is 0 Å². The summed E-state index contributed by atoms with van der Waals surface area (Å²) < 4.78 is 18.0. The highest BCUT2D eigenvalue weighted by Crippen LogP contribution is 2.22. The summed E-state index contributed by atoms with van der Waals surface area (Å²) in [6.45, 7) is 7.30. The van der Waals surface area contributed by atoms with Crippen molar-refractivity contribution >= 4 is 17.6 Å². The van der Waals surface area contributed by atoms with Gasteiger partial charge in [-0.05, 0) is 63.1 Å². The molecule has 4 nitrogen and oxygen atoms in total. The fraction of sp³-hybridized carbons (Fsp3) is 0.263. The monoisotopic (exact) mass is 329 g/mol. The molecule has 1 N–H and O–H groups in total. The molecule has 2 rings (SSSR count). The van der Waals surface area contributed by atoms with Gasteiger partial charge in [0.25, 0.3) is 5.91 Å². The number of aryl methyl sites for hydroxylation is 3. The summed E-state index contributed by atoms with van der Waals surface area (Å²) in [5.41, 5.74) is 3.91. The minimum Gasteiger partial charge on any atom is -0.449 e. The Bertz CT molecular complexity index is 746. The lowest BCUT2D eigenvalue weighted by Gasteiger charge is -2.17. The van der Waals surface area contributed by atoms with E-state index in [0.717, 1.165) is 22.4 Å². The molecular weight excluding hydrogens is 309 g/mol. The quantitative estimate of drug-likeness (QED) is 0.865. The number of halogens is 1. The van der Waals surface area contributed by atoms with Gasteiger partial charge in [-0.2, -0.15) is 0 Å². The molecule has 126 valence electrons. The molecule has 0 spiro atoms. The molecule has 24 heavy (non-hydrogen) atoms. The summed E-state index contributed by atoms with van der Waals surface area (Å²) in [7, 11) is 0. The smallest absolute Gasteiger partial charge is 0.338 e. The van der Waals surface area contributed by atoms with Crippen molar-refractivity contribution in [3.8, 4) is 0 Å². The van der Waals surface area contributed by atoms with Gasteiger partial charge in [0.05, 0.1) is 5.56 Å². The molecule has 0 aliphatic heterocycles. The lowest BCUT2D eigenvalue weighted by atomic mass is 10.0. The minimum atomic E-state index is -0.970. The molecule has 1 atom stereocenters. The summed E-state index contributed by atoms with van der Waals surface area (Å²) in [4.78, 5) is 24.3. The SMILES string of the molecule is Cc1cc(C)c(NC(=O)C(C)OC(=O)c2ccc(F)cc2)c(C)c1. The fourth-order valence-electron chi connectivity index (χ4n) is 2.47. The maximum absolute atomic E-state index is 12.9. The zero-order valence-electron chi connectivity index (χ0n) is 14.1. The highest BCUT2D eigenvalue weighted by Gasteiger charge is 2.20. The number of amides is 1. The Hall–Kier alpha value is -2.69. The number of nitrogens with one attached hydrogen (secondary N) is 1. The van der Waals surface area contributed by atoms with E-state index in [1.54, 1.807) is 0 Å². The number of ether oxygens (including phenoxy) is 1. The third-order valence-electron chi connectivity index (χ3n) is 3.66. The number of esters is 1. The van der Waals surface area contributed by atoms with Crippen LogP contribution in [0.4, 0.5) is 10.1 Å². The maximum atomic E-state index is 12.9. The zero-order chi connectivity index (χ0) is 17.9. The topological polar surface area (TPSA) is 55.4 Å². The molecular formula is C19H20FNO3. The van der Waals surface area contributed by atoms with Crippen molar-refractivity contribution in [1.82, 2.24) is 0 Å². The summed E-state index contributed by atoms with van der Waals surface area (Å²) >= 11 is 0. The first-order chi connectivity index (χ1) is 11.3. The predicted molar refractivity (Wildman–Crippen MR) is 90.6 cm³/mol. The van der Waals surface area contributed by atoms with Crippen LogP contribution in [0.5, 0.6) is 0 Å². The van der Waals surface area contributed by atoms with Crippen molar-refractivity contribution < 1.29 is 18.7 Å². The standard InChI is InChI=1S/C19H20FNO3/c1-11-9-12(2)17(13(3)10-11)21-18(22)14(4)24-19(23)15-5-7-16(20)8-6-15/h5-10,14H,1-4H3,(H,21,22). The molecule has 0 heterocycles. The number of hydrogen-bond acceptors (Lipinski definition) is 3. The second-order valence-corrected chi connectivity index (χ2v) is 5.82. The van der Waals surface area contributed by atoms with E-state index in [1.165, 1.54) is 31.2 Å². The van der Waals surface area contributed by atoms with Crippen LogP contribution in [0.15, 0.2) is 36.4 Å². The van der Waals surface area contributed by atoms with Gasteiger partial charge < -0.3 is 10.1 Å². The Balaban J connectivity index is 2.05. The molecule has 0 bridgehead atoms. The Kier molecular flexibility index (Phi) is 5.34. The van der Waals surface area contributed by atoms with Crippen molar-refractivity contribution in [2.24, 2.45) is 0 Å². The Morgan fingerprint density at radius 2 is 1.58 bits per heavy atom. The zero-order valence-corrected chi connectivity index (χ0v) is 14.1. The van der Waals surface area contributed by atoms with Gasteiger partial charge in [0.2, 0.25) is 0 Å². The number of anilines is 1. The van der Waals surface area contributed by atoms with E-state index < -0.39 is 23.8 Å². The van der Waals surface area contributed by atoms with Crippen molar-refractivity contribution in [3.05, 3.63) is 64.5 Å². The molecule has 0 saturated heterocycles. The maximum Gasteiger partial charge on any atom is 0.338 e. The second-order valence-electron chi connectivity index (χ2n) is 5.82. The number of hydrogen-bond donors (Lipinski definition) is 1. The Morgan fingerprint density at radius 1 is 1.04 bits per heavy atom. The van der Waals surface area contributed by atoms with E-state index in [2.05, 4.69) is 5.32 Å². The summed E-state index contributed by atoms with van der Waals surface area (Å²) in [5, 5.41) is 2.80. The normalized spacial score (nSPS) is 11.7. The number of rotatable bonds is 4. The van der Waals surface area contributed by atoms with Gasteiger partial charge in [-0.25, -0.2) is 9.18 Å². The van der Waals surface area contributed by atoms with Gasteiger partial charge in [-0.3, -0.25) is 4.79 Å². The van der Waals surface area contributed by atoms with Crippen LogP contribution in [0.3, 0.4) is 0 Å². The van der Waals surface area contributed by atoms with E-state index >= 15 is 0 Å². The van der Waals surface area contributed by atoms with Gasteiger partial charge in [-0.15, -0.1) is 0 Å². The summed E-state index contributed by atoms with van der Waals surface area (Å²) in [5.74, 6) is -1.53. The molecule has 0 aliphatic carbocycles. The number of benzene rings is 2. The molecule has 5 heteroatoms. The number of carbonyl (C=O) groups excluding carboxylic acids is 2. The lowest BCUT2D eigenvalue weighted by molar-refractivity contribution is -0.123. The molecule has 0 radical (unpaired) electrons. The van der Waals surface area contributed by atoms with Gasteiger partial charge in [0, 0.05) is 5.69 Å². The number of carbonyl (C=O) groups is 2. The molecule has 1 amide bonds. The van der Waals surface area contributed by atoms with Crippen LogP contribution < -0.4 is 5.32 Å². The molecule has 0 aliphatic rings. The van der Waals surface area contributed by atoms with Gasteiger partial charge >= 0.3 is 5.97 Å². The third-order valence-corrected chi connectivity index (χ3v) is 3.66. The minimum absolute atomic E-state index is 0.193. The van der Waals surface area contributed by atoms with Crippen LogP contribution in [0.25, 0.3) is 0 Å². The van der Waals surface area contributed by atoms with Crippen molar-refractivity contribution in [2.75, 3.05) is 5.32 Å². The average molecular weight is 329 g/mol. The fourth-order valence-corrected chi connectivity index (χ4v) is 2.47. The highest BCUT2D eigenvalue weighted by atomic mass is 19.1. The van der Waals surface area contributed by atoms with Crippen molar-refractivity contribution in [2.45, 2.75) is 33.8 Å². The lowest BCUT2D eigenvalue weighted by Crippen LogP contribution is -2.30. The Morgan fingerprint density at radius 3 is 2.12 bits per heavy atom. The molecule has 1 unspecified atom stereocenters. The van der Waals surface area contributed by atoms with Gasteiger partial charge in [0.15, 0.2) is 6.10 Å². The first-order valence-electron chi connectivity index (χ1n) is 7.63. The highest BCUT2D eigenvalue weighted by molar-refractivity contribution is 5.98. The third kappa shape index (κ3) is 4.19. The molecule has 0 fully saturated rings. The summed E-state index contributed by atoms with van der Waals surface area (Å²) in [6.07, 6.45) is -0.970. The van der Waals surface area contributed by atoms with E-state index in [-0.39, 0.29) is 5.56 Å². The van der Waals surface area contributed by atoms with Gasteiger partial charge in [-0.1, -0.05) is 17.7 Å². The average Bonchev–Trinajstić information content (AvgIpc) is 2.51. The van der Waals surface area contributed by atoms with Crippen LogP contribution in [-0.2, 0) is 9.53 Å². The van der Waals surface area contributed by atoms with Crippen LogP contribution in [-0.4, -0.2) is 18.0 Å². The van der Waals surface area contributed by atoms with Crippen molar-refractivity contribution in [1.29, 1.82) is 0 Å². The molecule has 0 saturated carbocycles. The molecule has 2 aromatic rings. The van der Waals surface area contributed by atoms with E-state index in [4.69, 9.17) is 4.74 Å².